The monoisotopic (exact) mass is 234 g/mol. The molecular weight excluding hydrogens is 216 g/mol. The number of nitrogens with one attached hydrogen (secondary N) is 2. The molecule has 6 heteroatoms. The van der Waals surface area contributed by atoms with Gasteiger partial charge in [0, 0.05) is 12.8 Å². The van der Waals surface area contributed by atoms with Crippen LogP contribution in [0.5, 0.6) is 0 Å². The molecule has 15 heavy (non-hydrogen) atoms. The van der Waals surface area contributed by atoms with Crippen LogP contribution in [0.4, 0.5) is 0 Å². The summed E-state index contributed by atoms with van der Waals surface area (Å²) in [5.74, 6) is 0.117. The lowest BCUT2D eigenvalue weighted by Gasteiger charge is -2.10. The highest BCUT2D eigenvalue weighted by Crippen LogP contribution is 2.04. The van der Waals surface area contributed by atoms with Gasteiger partial charge in [0.05, 0.1) is 11.8 Å². The van der Waals surface area contributed by atoms with Crippen LogP contribution in [0.25, 0.3) is 0 Å². The first-order valence-corrected chi connectivity index (χ1v) is 7.24. The quantitative estimate of drug-likeness (QED) is 0.616. The number of carbonyl (C=O) groups is 1. The molecule has 0 saturated carbocycles. The Labute approximate surface area is 90.5 Å². The predicted molar refractivity (Wildman–Crippen MR) is 58.4 cm³/mol. The summed E-state index contributed by atoms with van der Waals surface area (Å²) in [6.07, 6.45) is 3.59. The molecule has 0 bridgehead atoms. The van der Waals surface area contributed by atoms with Crippen molar-refractivity contribution in [2.75, 3.05) is 25.1 Å². The van der Waals surface area contributed by atoms with Gasteiger partial charge in [-0.2, -0.15) is 0 Å². The lowest BCUT2D eigenvalue weighted by Crippen LogP contribution is -2.41. The smallest absolute Gasteiger partial charge is 0.237 e. The van der Waals surface area contributed by atoms with Crippen molar-refractivity contribution in [3.8, 4) is 0 Å². The summed E-state index contributed by atoms with van der Waals surface area (Å²) in [5.41, 5.74) is 0. The summed E-state index contributed by atoms with van der Waals surface area (Å²) in [4.78, 5) is 11.4. The van der Waals surface area contributed by atoms with E-state index in [1.807, 2.05) is 0 Å². The Bertz CT molecular complexity index is 307. The van der Waals surface area contributed by atoms with Gasteiger partial charge in [0.1, 0.15) is 9.84 Å². The number of hydrogen-bond acceptors (Lipinski definition) is 4. The highest BCUT2D eigenvalue weighted by molar-refractivity contribution is 7.90. The lowest BCUT2D eigenvalue weighted by molar-refractivity contribution is -0.122. The standard InChI is InChI=1S/C9H18N2O3S/c1-15(13,14)7-3-6-11-9(12)8-4-2-5-10-8/h8,10H,2-7H2,1H3,(H,11,12). The molecule has 0 aliphatic carbocycles. The second-order valence-corrected chi connectivity index (χ2v) is 6.18. The maximum Gasteiger partial charge on any atom is 0.237 e. The number of amides is 1. The first kappa shape index (κ1) is 12.4. The van der Waals surface area contributed by atoms with E-state index >= 15 is 0 Å². The van der Waals surface area contributed by atoms with E-state index in [0.29, 0.717) is 13.0 Å². The fraction of sp³-hybridized carbons (Fsp3) is 0.889. The van der Waals surface area contributed by atoms with Crippen LogP contribution in [-0.4, -0.2) is 45.5 Å². The molecule has 2 N–H and O–H groups in total. The highest BCUT2D eigenvalue weighted by atomic mass is 32.2. The largest absolute Gasteiger partial charge is 0.355 e. The minimum absolute atomic E-state index is 0.0130. The first-order valence-electron chi connectivity index (χ1n) is 5.18. The normalized spacial score (nSPS) is 21.5. The van der Waals surface area contributed by atoms with Crippen molar-refractivity contribution >= 4 is 15.7 Å². The van der Waals surface area contributed by atoms with Crippen LogP contribution in [0.15, 0.2) is 0 Å². The van der Waals surface area contributed by atoms with Gasteiger partial charge in [-0.15, -0.1) is 0 Å². The van der Waals surface area contributed by atoms with Gasteiger partial charge >= 0.3 is 0 Å². The van der Waals surface area contributed by atoms with Crippen molar-refractivity contribution in [1.82, 2.24) is 10.6 Å². The van der Waals surface area contributed by atoms with Crippen molar-refractivity contribution in [2.24, 2.45) is 0 Å². The molecule has 1 heterocycles. The SMILES string of the molecule is CS(=O)(=O)CCCNC(=O)C1CCCN1. The zero-order valence-corrected chi connectivity index (χ0v) is 9.77. The highest BCUT2D eigenvalue weighted by Gasteiger charge is 2.21. The number of hydrogen-bond donors (Lipinski definition) is 2. The zero-order valence-electron chi connectivity index (χ0n) is 8.95. The summed E-state index contributed by atoms with van der Waals surface area (Å²) in [6, 6.07) is -0.0803. The van der Waals surface area contributed by atoms with E-state index < -0.39 is 9.84 Å². The van der Waals surface area contributed by atoms with Gasteiger partial charge < -0.3 is 10.6 Å². The topological polar surface area (TPSA) is 75.3 Å². The Morgan fingerprint density at radius 1 is 1.53 bits per heavy atom. The van der Waals surface area contributed by atoms with E-state index in [9.17, 15) is 13.2 Å². The molecule has 0 spiro atoms. The maximum atomic E-state index is 11.4. The van der Waals surface area contributed by atoms with Crippen LogP contribution >= 0.6 is 0 Å². The average Bonchev–Trinajstić information content (AvgIpc) is 2.63. The third kappa shape index (κ3) is 5.13. The molecule has 0 radical (unpaired) electrons. The van der Waals surface area contributed by atoms with Crippen LogP contribution in [-0.2, 0) is 14.6 Å². The maximum absolute atomic E-state index is 11.4. The zero-order chi connectivity index (χ0) is 11.3. The van der Waals surface area contributed by atoms with Gasteiger partial charge in [-0.1, -0.05) is 0 Å². The van der Waals surface area contributed by atoms with E-state index in [1.54, 1.807) is 0 Å². The molecule has 1 rings (SSSR count). The Morgan fingerprint density at radius 2 is 2.27 bits per heavy atom. The van der Waals surface area contributed by atoms with Crippen molar-refractivity contribution < 1.29 is 13.2 Å². The van der Waals surface area contributed by atoms with Gasteiger partial charge in [0.2, 0.25) is 5.91 Å². The molecule has 0 aromatic rings. The van der Waals surface area contributed by atoms with Gasteiger partial charge in [-0.05, 0) is 25.8 Å². The Hall–Kier alpha value is -0.620. The molecule has 1 saturated heterocycles. The molecule has 5 nitrogen and oxygen atoms in total. The second-order valence-electron chi connectivity index (χ2n) is 3.92. The average molecular weight is 234 g/mol. The van der Waals surface area contributed by atoms with Crippen molar-refractivity contribution in [3.05, 3.63) is 0 Å². The van der Waals surface area contributed by atoms with E-state index in [4.69, 9.17) is 0 Å². The number of sulfone groups is 1. The van der Waals surface area contributed by atoms with Gasteiger partial charge in [-0.25, -0.2) is 8.42 Å². The summed E-state index contributed by atoms with van der Waals surface area (Å²) in [5, 5.41) is 5.81. The van der Waals surface area contributed by atoms with Crippen LogP contribution < -0.4 is 10.6 Å². The second kappa shape index (κ2) is 5.46. The van der Waals surface area contributed by atoms with Crippen molar-refractivity contribution in [2.45, 2.75) is 25.3 Å². The minimum Gasteiger partial charge on any atom is -0.355 e. The van der Waals surface area contributed by atoms with Crippen LogP contribution in [0.1, 0.15) is 19.3 Å². The van der Waals surface area contributed by atoms with E-state index in [1.165, 1.54) is 6.26 Å². The van der Waals surface area contributed by atoms with Gasteiger partial charge in [0.25, 0.3) is 0 Å². The molecule has 0 aromatic carbocycles. The molecule has 1 atom stereocenters. The molecule has 1 fully saturated rings. The Morgan fingerprint density at radius 3 is 2.80 bits per heavy atom. The molecule has 1 unspecified atom stereocenters. The lowest BCUT2D eigenvalue weighted by atomic mass is 10.2. The van der Waals surface area contributed by atoms with Crippen LogP contribution in [0, 0.1) is 0 Å². The van der Waals surface area contributed by atoms with Crippen molar-refractivity contribution in [1.29, 1.82) is 0 Å². The van der Waals surface area contributed by atoms with E-state index in [-0.39, 0.29) is 17.7 Å². The van der Waals surface area contributed by atoms with Crippen LogP contribution in [0.2, 0.25) is 0 Å². The van der Waals surface area contributed by atoms with E-state index in [2.05, 4.69) is 10.6 Å². The number of carbonyl (C=O) groups excluding carboxylic acids is 1. The fourth-order valence-corrected chi connectivity index (χ4v) is 2.25. The van der Waals surface area contributed by atoms with Crippen molar-refractivity contribution in [3.63, 3.8) is 0 Å². The Balaban J connectivity index is 2.12. The molecule has 0 aromatic heterocycles. The summed E-state index contributed by atoms with van der Waals surface area (Å²) in [7, 11) is -2.91. The van der Waals surface area contributed by atoms with Crippen LogP contribution in [0.3, 0.4) is 0 Å². The van der Waals surface area contributed by atoms with Gasteiger partial charge in [0.15, 0.2) is 0 Å². The Kier molecular flexibility index (Phi) is 4.53. The fourth-order valence-electron chi connectivity index (χ4n) is 1.58. The number of rotatable bonds is 5. The minimum atomic E-state index is -2.91. The predicted octanol–water partition coefficient (Wildman–Crippen LogP) is -0.711. The third-order valence-electron chi connectivity index (χ3n) is 2.37. The van der Waals surface area contributed by atoms with E-state index in [0.717, 1.165) is 19.4 Å². The molecule has 1 amide bonds. The summed E-state index contributed by atoms with van der Waals surface area (Å²) in [6.45, 7) is 1.32. The summed E-state index contributed by atoms with van der Waals surface area (Å²) >= 11 is 0. The molecule has 1 aliphatic heterocycles. The molecule has 1 aliphatic rings. The first-order chi connectivity index (χ1) is 6.99. The molecular formula is C9H18N2O3S. The summed E-state index contributed by atoms with van der Waals surface area (Å²) < 4.78 is 21.6. The molecule has 88 valence electrons. The third-order valence-corrected chi connectivity index (χ3v) is 3.40. The van der Waals surface area contributed by atoms with Gasteiger partial charge in [-0.3, -0.25) is 4.79 Å².